The van der Waals surface area contributed by atoms with Crippen molar-refractivity contribution in [3.8, 4) is 5.69 Å². The van der Waals surface area contributed by atoms with E-state index in [9.17, 15) is 14.4 Å². The van der Waals surface area contributed by atoms with Gasteiger partial charge in [-0.15, -0.1) is 0 Å². The number of amides is 3. The fraction of sp³-hybridized carbons (Fsp3) is 0.455. The molecule has 0 saturated heterocycles. The maximum atomic E-state index is 12.6. The number of imide groups is 1. The Kier molecular flexibility index (Phi) is 6.11. The van der Waals surface area contributed by atoms with Crippen molar-refractivity contribution in [3.05, 3.63) is 47.8 Å². The van der Waals surface area contributed by atoms with E-state index in [4.69, 9.17) is 4.74 Å². The predicted molar refractivity (Wildman–Crippen MR) is 109 cm³/mol. The monoisotopic (exact) mass is 410 g/mol. The number of para-hydroxylation sites is 1. The van der Waals surface area contributed by atoms with Crippen molar-refractivity contribution < 1.29 is 19.1 Å². The molecule has 2 fully saturated rings. The molecule has 2 aromatic rings. The maximum absolute atomic E-state index is 12.6. The van der Waals surface area contributed by atoms with E-state index in [-0.39, 0.29) is 11.7 Å². The molecule has 4 rings (SSSR count). The zero-order chi connectivity index (χ0) is 20.9. The van der Waals surface area contributed by atoms with E-state index in [0.29, 0.717) is 5.92 Å². The minimum Gasteiger partial charge on any atom is -0.451 e. The first-order chi connectivity index (χ1) is 14.6. The third-order valence-electron chi connectivity index (χ3n) is 5.46. The van der Waals surface area contributed by atoms with Gasteiger partial charge in [-0.1, -0.05) is 37.5 Å². The molecule has 8 heteroatoms. The minimum atomic E-state index is -0.662. The van der Waals surface area contributed by atoms with E-state index >= 15 is 0 Å². The van der Waals surface area contributed by atoms with Crippen LogP contribution in [0.1, 0.15) is 67.0 Å². The molecule has 3 amide bonds. The fourth-order valence-electron chi connectivity index (χ4n) is 3.73. The topological polar surface area (TPSA) is 102 Å². The zero-order valence-electron chi connectivity index (χ0n) is 16.8. The Morgan fingerprint density at radius 1 is 1.03 bits per heavy atom. The predicted octanol–water partition coefficient (Wildman–Crippen LogP) is 3.07. The second-order valence-electron chi connectivity index (χ2n) is 7.91. The third-order valence-corrected chi connectivity index (χ3v) is 5.46. The van der Waals surface area contributed by atoms with Gasteiger partial charge in [-0.2, -0.15) is 5.10 Å². The largest absolute Gasteiger partial charge is 0.451 e. The van der Waals surface area contributed by atoms with Crippen LogP contribution in [0.3, 0.4) is 0 Å². The summed E-state index contributed by atoms with van der Waals surface area (Å²) in [6.45, 7) is -0.532. The van der Waals surface area contributed by atoms with Crippen LogP contribution in [0.5, 0.6) is 0 Å². The number of nitrogens with one attached hydrogen (secondary N) is 2. The molecule has 0 atom stereocenters. The molecule has 0 aliphatic heterocycles. The number of rotatable bonds is 6. The van der Waals surface area contributed by atoms with Crippen LogP contribution >= 0.6 is 0 Å². The Morgan fingerprint density at radius 2 is 1.77 bits per heavy atom. The fourth-order valence-corrected chi connectivity index (χ4v) is 3.73. The number of benzene rings is 1. The highest BCUT2D eigenvalue weighted by Crippen LogP contribution is 2.39. The standard InChI is InChI=1S/C22H26N4O4/c27-20(24-22(29)23-16-7-3-1-4-8-16)14-30-21(28)19-13-18(15-11-12-15)25-26(19)17-9-5-2-6-10-17/h2,5-6,9-10,13,15-16H,1,3-4,7-8,11-12,14H2,(H2,23,24,27,29). The van der Waals surface area contributed by atoms with Gasteiger partial charge in [0.15, 0.2) is 12.3 Å². The van der Waals surface area contributed by atoms with Gasteiger partial charge in [-0.25, -0.2) is 14.3 Å². The SMILES string of the molecule is O=C(COC(=O)c1cc(C2CC2)nn1-c1ccccc1)NC(=O)NC1CCCCC1. The second-order valence-corrected chi connectivity index (χ2v) is 7.91. The summed E-state index contributed by atoms with van der Waals surface area (Å²) in [5.41, 5.74) is 1.86. The molecule has 2 aliphatic rings. The molecule has 0 spiro atoms. The van der Waals surface area contributed by atoms with Crippen LogP contribution in [0.25, 0.3) is 5.69 Å². The molecular weight excluding hydrogens is 384 g/mol. The number of urea groups is 1. The molecule has 0 radical (unpaired) electrons. The lowest BCUT2D eigenvalue weighted by molar-refractivity contribution is -0.123. The summed E-state index contributed by atoms with van der Waals surface area (Å²) in [5, 5.41) is 9.58. The second kappa shape index (κ2) is 9.11. The average molecular weight is 410 g/mol. The number of nitrogens with zero attached hydrogens (tertiary/aromatic N) is 2. The van der Waals surface area contributed by atoms with Crippen LogP contribution in [0, 0.1) is 0 Å². The zero-order valence-corrected chi connectivity index (χ0v) is 16.8. The van der Waals surface area contributed by atoms with Crippen LogP contribution in [0.15, 0.2) is 36.4 Å². The van der Waals surface area contributed by atoms with Crippen molar-refractivity contribution in [3.63, 3.8) is 0 Å². The van der Waals surface area contributed by atoms with Crippen LogP contribution < -0.4 is 10.6 Å². The molecule has 0 unspecified atom stereocenters. The smallest absolute Gasteiger partial charge is 0.357 e. The first kappa shape index (κ1) is 20.1. The molecule has 1 heterocycles. The van der Waals surface area contributed by atoms with E-state index in [1.54, 1.807) is 10.7 Å². The summed E-state index contributed by atoms with van der Waals surface area (Å²) in [6.07, 6.45) is 7.28. The Hall–Kier alpha value is -3.16. The van der Waals surface area contributed by atoms with Crippen LogP contribution in [-0.4, -0.2) is 40.3 Å². The Morgan fingerprint density at radius 3 is 2.47 bits per heavy atom. The Labute approximate surface area is 175 Å². The number of esters is 1. The lowest BCUT2D eigenvalue weighted by Crippen LogP contribution is -2.46. The highest BCUT2D eigenvalue weighted by atomic mass is 16.5. The summed E-state index contributed by atoms with van der Waals surface area (Å²) in [7, 11) is 0. The number of ether oxygens (including phenoxy) is 1. The number of carbonyl (C=O) groups excluding carboxylic acids is 3. The van der Waals surface area contributed by atoms with E-state index in [0.717, 1.165) is 49.9 Å². The molecule has 1 aromatic heterocycles. The number of carbonyl (C=O) groups is 3. The highest BCUT2D eigenvalue weighted by molar-refractivity contribution is 5.96. The molecule has 2 aliphatic carbocycles. The summed E-state index contributed by atoms with van der Waals surface area (Å²) < 4.78 is 6.71. The van der Waals surface area contributed by atoms with Crippen molar-refractivity contribution in [2.75, 3.05) is 6.61 Å². The first-order valence-corrected chi connectivity index (χ1v) is 10.5. The molecular formula is C22H26N4O4. The molecule has 1 aromatic carbocycles. The molecule has 8 nitrogen and oxygen atoms in total. The van der Waals surface area contributed by atoms with Gasteiger partial charge in [0.2, 0.25) is 0 Å². The first-order valence-electron chi connectivity index (χ1n) is 10.5. The summed E-state index contributed by atoms with van der Waals surface area (Å²) >= 11 is 0. The maximum Gasteiger partial charge on any atom is 0.357 e. The van der Waals surface area contributed by atoms with Crippen molar-refractivity contribution in [2.45, 2.75) is 56.9 Å². The normalized spacial score (nSPS) is 16.7. The highest BCUT2D eigenvalue weighted by Gasteiger charge is 2.29. The van der Waals surface area contributed by atoms with Crippen molar-refractivity contribution in [1.29, 1.82) is 0 Å². The Bertz CT molecular complexity index is 914. The van der Waals surface area contributed by atoms with E-state index in [2.05, 4.69) is 15.7 Å². The molecule has 2 saturated carbocycles. The summed E-state index contributed by atoms with van der Waals surface area (Å²) in [6, 6.07) is 10.6. The van der Waals surface area contributed by atoms with Gasteiger partial charge in [0.05, 0.1) is 11.4 Å². The van der Waals surface area contributed by atoms with Crippen molar-refractivity contribution in [2.24, 2.45) is 0 Å². The van der Waals surface area contributed by atoms with Gasteiger partial charge in [0.25, 0.3) is 5.91 Å². The number of hydrogen-bond acceptors (Lipinski definition) is 5. The summed E-state index contributed by atoms with van der Waals surface area (Å²) in [4.78, 5) is 36.6. The lowest BCUT2D eigenvalue weighted by atomic mass is 9.96. The molecule has 0 bridgehead atoms. The van der Waals surface area contributed by atoms with E-state index in [1.165, 1.54) is 6.42 Å². The van der Waals surface area contributed by atoms with Gasteiger partial charge in [0, 0.05) is 12.0 Å². The van der Waals surface area contributed by atoms with E-state index in [1.807, 2.05) is 30.3 Å². The molecule has 2 N–H and O–H groups in total. The minimum absolute atomic E-state index is 0.0927. The average Bonchev–Trinajstić information content (AvgIpc) is 3.51. The number of hydrogen-bond donors (Lipinski definition) is 2. The lowest BCUT2D eigenvalue weighted by Gasteiger charge is -2.22. The molecule has 30 heavy (non-hydrogen) atoms. The number of aromatic nitrogens is 2. The van der Waals surface area contributed by atoms with Gasteiger partial charge in [-0.05, 0) is 43.9 Å². The van der Waals surface area contributed by atoms with Crippen LogP contribution in [0.4, 0.5) is 4.79 Å². The molecule has 158 valence electrons. The van der Waals surface area contributed by atoms with Gasteiger partial charge in [0.1, 0.15) is 0 Å². The van der Waals surface area contributed by atoms with Crippen LogP contribution in [-0.2, 0) is 9.53 Å². The van der Waals surface area contributed by atoms with Crippen molar-refractivity contribution >= 4 is 17.9 Å². The van der Waals surface area contributed by atoms with Gasteiger partial charge >= 0.3 is 12.0 Å². The Balaban J connectivity index is 1.34. The van der Waals surface area contributed by atoms with E-state index < -0.39 is 24.5 Å². The van der Waals surface area contributed by atoms with Gasteiger partial charge in [-0.3, -0.25) is 10.1 Å². The summed E-state index contributed by atoms with van der Waals surface area (Å²) in [5.74, 6) is -0.945. The third kappa shape index (κ3) is 5.06. The van der Waals surface area contributed by atoms with Crippen LogP contribution in [0.2, 0.25) is 0 Å². The quantitative estimate of drug-likeness (QED) is 0.713. The van der Waals surface area contributed by atoms with Crippen molar-refractivity contribution in [1.82, 2.24) is 20.4 Å². The van der Waals surface area contributed by atoms with Gasteiger partial charge < -0.3 is 10.1 Å².